The number of piperazine rings is 1. The summed E-state index contributed by atoms with van der Waals surface area (Å²) >= 11 is 1.82. The molecule has 0 unspecified atom stereocenters. The summed E-state index contributed by atoms with van der Waals surface area (Å²) in [6.07, 6.45) is 2.64. The normalized spacial score (nSPS) is 22.2. The van der Waals surface area contributed by atoms with Gasteiger partial charge in [-0.3, -0.25) is 9.69 Å². The first-order valence-electron chi connectivity index (χ1n) is 8.55. The maximum Gasteiger partial charge on any atom is 0.230 e. The molecular formula is C17H27N3O2S. The lowest BCUT2D eigenvalue weighted by molar-refractivity contribution is -0.149. The number of hydrogen-bond acceptors (Lipinski definition) is 5. The fourth-order valence-electron chi connectivity index (χ4n) is 3.50. The number of carbonyl (C=O) groups excluding carboxylic acids is 1. The van der Waals surface area contributed by atoms with Gasteiger partial charge >= 0.3 is 0 Å². The van der Waals surface area contributed by atoms with Crippen molar-refractivity contribution in [1.29, 1.82) is 0 Å². The van der Waals surface area contributed by atoms with Crippen molar-refractivity contribution in [2.24, 2.45) is 11.1 Å². The third-order valence-electron chi connectivity index (χ3n) is 5.21. The Hall–Kier alpha value is -0.950. The van der Waals surface area contributed by atoms with Crippen LogP contribution in [0.3, 0.4) is 0 Å². The van der Waals surface area contributed by atoms with Gasteiger partial charge in [-0.2, -0.15) is 0 Å². The molecule has 6 heteroatoms. The number of hydrogen-bond donors (Lipinski definition) is 1. The minimum atomic E-state index is -0.378. The first-order chi connectivity index (χ1) is 11.2. The molecule has 23 heavy (non-hydrogen) atoms. The van der Waals surface area contributed by atoms with Gasteiger partial charge in [0.05, 0.1) is 5.41 Å². The van der Waals surface area contributed by atoms with Crippen LogP contribution in [-0.2, 0) is 16.0 Å². The van der Waals surface area contributed by atoms with E-state index in [1.54, 1.807) is 0 Å². The highest BCUT2D eigenvalue weighted by atomic mass is 32.1. The van der Waals surface area contributed by atoms with E-state index < -0.39 is 0 Å². The summed E-state index contributed by atoms with van der Waals surface area (Å²) in [4.78, 5) is 18.9. The van der Waals surface area contributed by atoms with Gasteiger partial charge in [0.1, 0.15) is 0 Å². The predicted octanol–water partition coefficient (Wildman–Crippen LogP) is 1.19. The Kier molecular flexibility index (Phi) is 5.69. The molecule has 3 heterocycles. The Morgan fingerprint density at radius 3 is 2.61 bits per heavy atom. The largest absolute Gasteiger partial charge is 0.381 e. The third kappa shape index (κ3) is 3.94. The van der Waals surface area contributed by atoms with Gasteiger partial charge in [0.25, 0.3) is 0 Å². The molecule has 0 atom stereocenters. The Morgan fingerprint density at radius 1 is 1.26 bits per heavy atom. The molecule has 1 amide bonds. The van der Waals surface area contributed by atoms with Gasteiger partial charge in [-0.05, 0) is 30.7 Å². The van der Waals surface area contributed by atoms with Crippen LogP contribution in [0, 0.1) is 5.41 Å². The summed E-state index contributed by atoms with van der Waals surface area (Å²) in [6.45, 7) is 6.42. The average Bonchev–Trinajstić information content (AvgIpc) is 3.14. The molecule has 0 aliphatic carbocycles. The van der Waals surface area contributed by atoms with Crippen molar-refractivity contribution in [3.05, 3.63) is 22.4 Å². The van der Waals surface area contributed by atoms with E-state index in [0.717, 1.165) is 52.0 Å². The fourth-order valence-corrected chi connectivity index (χ4v) is 4.20. The van der Waals surface area contributed by atoms with Crippen LogP contribution in [0.4, 0.5) is 0 Å². The van der Waals surface area contributed by atoms with E-state index in [1.165, 1.54) is 4.88 Å². The molecule has 2 fully saturated rings. The van der Waals surface area contributed by atoms with Gasteiger partial charge in [0, 0.05) is 57.4 Å². The predicted molar refractivity (Wildman–Crippen MR) is 92.6 cm³/mol. The Bertz CT molecular complexity index is 492. The number of carbonyl (C=O) groups is 1. The van der Waals surface area contributed by atoms with E-state index in [0.29, 0.717) is 19.8 Å². The van der Waals surface area contributed by atoms with Gasteiger partial charge < -0.3 is 15.4 Å². The van der Waals surface area contributed by atoms with E-state index in [9.17, 15) is 4.79 Å². The minimum absolute atomic E-state index is 0.251. The maximum atomic E-state index is 12.9. The standard InChI is InChI=1S/C17H27N3O2S/c18-14-17(4-11-22-12-5-17)16(21)20-9-7-19(8-10-20)6-3-15-2-1-13-23-15/h1-2,13H,3-12,14,18H2. The Morgan fingerprint density at radius 2 is 2.00 bits per heavy atom. The summed E-state index contributed by atoms with van der Waals surface area (Å²) in [5, 5.41) is 2.13. The fraction of sp³-hybridized carbons (Fsp3) is 0.706. The summed E-state index contributed by atoms with van der Waals surface area (Å²) in [5.41, 5.74) is 5.59. The van der Waals surface area contributed by atoms with Crippen LogP contribution >= 0.6 is 11.3 Å². The van der Waals surface area contributed by atoms with Crippen molar-refractivity contribution >= 4 is 17.2 Å². The molecule has 0 bridgehead atoms. The van der Waals surface area contributed by atoms with Crippen LogP contribution in [0.1, 0.15) is 17.7 Å². The third-order valence-corrected chi connectivity index (χ3v) is 6.14. The number of thiophene rings is 1. The molecule has 2 saturated heterocycles. The molecule has 2 N–H and O–H groups in total. The lowest BCUT2D eigenvalue weighted by atomic mass is 9.78. The summed E-state index contributed by atoms with van der Waals surface area (Å²) in [6, 6.07) is 4.30. The second-order valence-corrected chi connectivity index (χ2v) is 7.59. The van der Waals surface area contributed by atoms with Crippen molar-refractivity contribution < 1.29 is 9.53 Å². The molecule has 0 radical (unpaired) electrons. The number of nitrogens with two attached hydrogens (primary N) is 1. The monoisotopic (exact) mass is 337 g/mol. The van der Waals surface area contributed by atoms with Gasteiger partial charge in [-0.1, -0.05) is 6.07 Å². The van der Waals surface area contributed by atoms with Crippen molar-refractivity contribution in [2.75, 3.05) is 52.5 Å². The van der Waals surface area contributed by atoms with Crippen LogP contribution < -0.4 is 5.73 Å². The zero-order chi connectivity index (χ0) is 16.1. The van der Waals surface area contributed by atoms with Crippen molar-refractivity contribution in [2.45, 2.75) is 19.3 Å². The van der Waals surface area contributed by atoms with E-state index in [4.69, 9.17) is 10.5 Å². The highest BCUT2D eigenvalue weighted by Crippen LogP contribution is 2.32. The molecule has 1 aromatic heterocycles. The zero-order valence-corrected chi connectivity index (χ0v) is 14.5. The first-order valence-corrected chi connectivity index (χ1v) is 9.43. The number of nitrogens with zero attached hydrogens (tertiary/aromatic N) is 2. The van der Waals surface area contributed by atoms with Crippen molar-refractivity contribution in [3.8, 4) is 0 Å². The quantitative estimate of drug-likeness (QED) is 0.877. The second kappa shape index (κ2) is 7.75. The van der Waals surface area contributed by atoms with E-state index >= 15 is 0 Å². The molecule has 0 aromatic carbocycles. The van der Waals surface area contributed by atoms with Gasteiger partial charge in [0.2, 0.25) is 5.91 Å². The molecule has 0 saturated carbocycles. The maximum absolute atomic E-state index is 12.9. The summed E-state index contributed by atoms with van der Waals surface area (Å²) < 4.78 is 5.41. The van der Waals surface area contributed by atoms with Gasteiger partial charge in [0.15, 0.2) is 0 Å². The van der Waals surface area contributed by atoms with E-state index in [2.05, 4.69) is 22.4 Å². The SMILES string of the molecule is NCC1(C(=O)N2CCN(CCc3cccs3)CC2)CCOCC1. The number of amides is 1. The Labute approximate surface area is 142 Å². The van der Waals surface area contributed by atoms with Crippen LogP contribution in [0.5, 0.6) is 0 Å². The molecule has 0 spiro atoms. The molecular weight excluding hydrogens is 310 g/mol. The Balaban J connectivity index is 1.48. The highest BCUT2D eigenvalue weighted by molar-refractivity contribution is 7.09. The van der Waals surface area contributed by atoms with Crippen LogP contribution in [0.25, 0.3) is 0 Å². The minimum Gasteiger partial charge on any atom is -0.381 e. The lowest BCUT2D eigenvalue weighted by Gasteiger charge is -2.42. The second-order valence-electron chi connectivity index (χ2n) is 6.56. The molecule has 1 aromatic rings. The topological polar surface area (TPSA) is 58.8 Å². The van der Waals surface area contributed by atoms with Crippen LogP contribution in [-0.4, -0.2) is 68.2 Å². The molecule has 2 aliphatic rings. The van der Waals surface area contributed by atoms with Crippen LogP contribution in [0.15, 0.2) is 17.5 Å². The van der Waals surface area contributed by atoms with Gasteiger partial charge in [-0.25, -0.2) is 0 Å². The smallest absolute Gasteiger partial charge is 0.230 e. The highest BCUT2D eigenvalue weighted by Gasteiger charge is 2.41. The zero-order valence-electron chi connectivity index (χ0n) is 13.7. The molecule has 5 nitrogen and oxygen atoms in total. The molecule has 3 rings (SSSR count). The molecule has 128 valence electrons. The summed E-state index contributed by atoms with van der Waals surface area (Å²) in [7, 11) is 0. The van der Waals surface area contributed by atoms with E-state index in [1.807, 2.05) is 16.2 Å². The first kappa shape index (κ1) is 16.9. The van der Waals surface area contributed by atoms with E-state index in [-0.39, 0.29) is 11.3 Å². The lowest BCUT2D eigenvalue weighted by Crippen LogP contribution is -2.56. The van der Waals surface area contributed by atoms with Crippen molar-refractivity contribution in [1.82, 2.24) is 9.80 Å². The average molecular weight is 337 g/mol. The summed E-state index contributed by atoms with van der Waals surface area (Å²) in [5.74, 6) is 0.251. The number of rotatable bonds is 5. The number of ether oxygens (including phenoxy) is 1. The van der Waals surface area contributed by atoms with Crippen molar-refractivity contribution in [3.63, 3.8) is 0 Å². The molecule has 2 aliphatic heterocycles. The van der Waals surface area contributed by atoms with Gasteiger partial charge in [-0.15, -0.1) is 11.3 Å². The van der Waals surface area contributed by atoms with Crippen LogP contribution in [0.2, 0.25) is 0 Å².